The molecule has 0 amide bonds. The number of hydrogen-bond donors (Lipinski definition) is 1. The van der Waals surface area contributed by atoms with Crippen molar-refractivity contribution in [1.29, 1.82) is 0 Å². The summed E-state index contributed by atoms with van der Waals surface area (Å²) < 4.78 is 1.70. The van der Waals surface area contributed by atoms with Gasteiger partial charge in [-0.25, -0.2) is 5.10 Å². The summed E-state index contributed by atoms with van der Waals surface area (Å²) >= 11 is 11.4. The van der Waals surface area contributed by atoms with Crippen LogP contribution in [0.25, 0.3) is 11.4 Å². The number of rotatable bonds is 4. The molecule has 0 fully saturated rings. The minimum absolute atomic E-state index is 0.0129. The molecule has 120 valence electrons. The number of H-pyrrole nitrogens is 1. The molecule has 0 atom stereocenters. The van der Waals surface area contributed by atoms with E-state index in [0.29, 0.717) is 22.0 Å². The molecule has 7 nitrogen and oxygen atoms in total. The van der Waals surface area contributed by atoms with Gasteiger partial charge in [0.2, 0.25) is 4.77 Å². The first-order valence-electron chi connectivity index (χ1n) is 6.77. The molecule has 3 rings (SSSR count). The zero-order valence-corrected chi connectivity index (χ0v) is 13.7. The first-order valence-corrected chi connectivity index (χ1v) is 7.56. The van der Waals surface area contributed by atoms with Crippen molar-refractivity contribution < 1.29 is 4.92 Å². The second kappa shape index (κ2) is 6.73. The summed E-state index contributed by atoms with van der Waals surface area (Å²) in [6.45, 7) is 0. The van der Waals surface area contributed by atoms with Crippen molar-refractivity contribution in [2.45, 2.75) is 0 Å². The van der Waals surface area contributed by atoms with Crippen LogP contribution in [0.3, 0.4) is 0 Å². The minimum Gasteiger partial charge on any atom is -0.258 e. The van der Waals surface area contributed by atoms with Crippen LogP contribution in [0.4, 0.5) is 5.69 Å². The summed E-state index contributed by atoms with van der Waals surface area (Å²) in [7, 11) is 0. The first kappa shape index (κ1) is 16.0. The molecule has 1 aromatic heterocycles. The molecule has 24 heavy (non-hydrogen) atoms. The first-order chi connectivity index (χ1) is 11.6. The molecule has 3 aromatic rings. The normalized spacial score (nSPS) is 11.0. The van der Waals surface area contributed by atoms with E-state index in [2.05, 4.69) is 15.3 Å². The Morgan fingerprint density at radius 3 is 2.83 bits per heavy atom. The fourth-order valence-corrected chi connectivity index (χ4v) is 2.46. The second-order valence-electron chi connectivity index (χ2n) is 4.74. The molecule has 0 aliphatic rings. The quantitative estimate of drug-likeness (QED) is 0.329. The predicted octanol–water partition coefficient (Wildman–Crippen LogP) is 4.05. The van der Waals surface area contributed by atoms with Crippen molar-refractivity contribution in [2.24, 2.45) is 5.10 Å². The number of non-ortho nitro benzene ring substituents is 1. The van der Waals surface area contributed by atoms with Gasteiger partial charge < -0.3 is 0 Å². The highest BCUT2D eigenvalue weighted by Gasteiger charge is 2.11. The summed E-state index contributed by atoms with van der Waals surface area (Å²) in [4.78, 5) is 10.4. The number of nitrogens with one attached hydrogen (secondary N) is 1. The van der Waals surface area contributed by atoms with Gasteiger partial charge in [0.15, 0.2) is 5.82 Å². The van der Waals surface area contributed by atoms with Crippen LogP contribution in [0, 0.1) is 14.9 Å². The van der Waals surface area contributed by atoms with Gasteiger partial charge in [-0.1, -0.05) is 35.9 Å². The molecule has 1 N–H and O–H groups in total. The number of nitro groups is 1. The van der Waals surface area contributed by atoms with Gasteiger partial charge in [0.25, 0.3) is 5.69 Å². The van der Waals surface area contributed by atoms with Crippen LogP contribution in [0.2, 0.25) is 5.02 Å². The van der Waals surface area contributed by atoms with E-state index in [1.54, 1.807) is 24.3 Å². The highest BCUT2D eigenvalue weighted by Crippen LogP contribution is 2.25. The summed E-state index contributed by atoms with van der Waals surface area (Å²) in [6.07, 6.45) is 1.47. The average molecular weight is 360 g/mol. The molecule has 0 aliphatic heterocycles. The van der Waals surface area contributed by atoms with E-state index >= 15 is 0 Å². The highest BCUT2D eigenvalue weighted by molar-refractivity contribution is 7.71. The summed E-state index contributed by atoms with van der Waals surface area (Å²) in [5, 5.41) is 22.4. The summed E-state index contributed by atoms with van der Waals surface area (Å²) in [5.74, 6) is 0.451. The SMILES string of the molecule is O=[N+]([O-])c1cccc(/C=N/n2c(-c3ccccc3Cl)n[nH]c2=S)c1. The van der Waals surface area contributed by atoms with Gasteiger partial charge in [-0.3, -0.25) is 10.1 Å². The van der Waals surface area contributed by atoms with Crippen molar-refractivity contribution in [1.82, 2.24) is 14.9 Å². The van der Waals surface area contributed by atoms with Crippen LogP contribution in [-0.4, -0.2) is 26.0 Å². The van der Waals surface area contributed by atoms with Crippen LogP contribution < -0.4 is 0 Å². The van der Waals surface area contributed by atoms with Crippen LogP contribution in [0.1, 0.15) is 5.56 Å². The van der Waals surface area contributed by atoms with Crippen LogP contribution in [0.5, 0.6) is 0 Å². The van der Waals surface area contributed by atoms with Crippen molar-refractivity contribution in [3.63, 3.8) is 0 Å². The summed E-state index contributed by atoms with van der Waals surface area (Å²) in [6, 6.07) is 13.3. The predicted molar refractivity (Wildman–Crippen MR) is 93.9 cm³/mol. The third-order valence-corrected chi connectivity index (χ3v) is 3.76. The Bertz CT molecular complexity index is 995. The van der Waals surface area contributed by atoms with Gasteiger partial charge >= 0.3 is 0 Å². The minimum atomic E-state index is -0.462. The van der Waals surface area contributed by atoms with E-state index in [9.17, 15) is 10.1 Å². The van der Waals surface area contributed by atoms with E-state index in [0.717, 1.165) is 0 Å². The van der Waals surface area contributed by atoms with Crippen molar-refractivity contribution in [3.8, 4) is 11.4 Å². The topological polar surface area (TPSA) is 89.1 Å². The Labute approximate surface area is 146 Å². The lowest BCUT2D eigenvalue weighted by Crippen LogP contribution is -1.96. The third kappa shape index (κ3) is 3.24. The van der Waals surface area contributed by atoms with Crippen molar-refractivity contribution in [2.75, 3.05) is 0 Å². The average Bonchev–Trinajstić information content (AvgIpc) is 2.94. The molecule has 0 aliphatic carbocycles. The maximum atomic E-state index is 10.8. The molecule has 0 saturated carbocycles. The Morgan fingerprint density at radius 2 is 2.08 bits per heavy atom. The molecule has 0 saturated heterocycles. The van der Waals surface area contributed by atoms with E-state index in [4.69, 9.17) is 23.8 Å². The Balaban J connectivity index is 2.01. The number of aromatic amines is 1. The van der Waals surface area contributed by atoms with E-state index in [1.165, 1.54) is 23.0 Å². The summed E-state index contributed by atoms with van der Waals surface area (Å²) in [5.41, 5.74) is 1.22. The zero-order valence-electron chi connectivity index (χ0n) is 12.1. The molecule has 0 radical (unpaired) electrons. The van der Waals surface area contributed by atoms with E-state index in [1.807, 2.05) is 12.1 Å². The second-order valence-corrected chi connectivity index (χ2v) is 5.53. The monoisotopic (exact) mass is 359 g/mol. The van der Waals surface area contributed by atoms with Crippen molar-refractivity contribution >= 4 is 35.7 Å². The number of halogens is 1. The molecular weight excluding hydrogens is 350 g/mol. The van der Waals surface area contributed by atoms with Gasteiger partial charge in [0.05, 0.1) is 16.2 Å². The number of benzene rings is 2. The molecule has 9 heteroatoms. The lowest BCUT2D eigenvalue weighted by atomic mass is 10.2. The number of aromatic nitrogens is 3. The molecule has 0 spiro atoms. The van der Waals surface area contributed by atoms with Crippen LogP contribution >= 0.6 is 23.8 Å². The van der Waals surface area contributed by atoms with Crippen molar-refractivity contribution in [3.05, 3.63) is 74.0 Å². The van der Waals surface area contributed by atoms with Crippen LogP contribution in [0.15, 0.2) is 53.6 Å². The Morgan fingerprint density at radius 1 is 1.29 bits per heavy atom. The highest BCUT2D eigenvalue weighted by atomic mass is 35.5. The number of hydrogen-bond acceptors (Lipinski definition) is 5. The Kier molecular flexibility index (Phi) is 4.50. The molecule has 1 heterocycles. The third-order valence-electron chi connectivity index (χ3n) is 3.17. The van der Waals surface area contributed by atoms with E-state index < -0.39 is 4.92 Å². The molecule has 2 aromatic carbocycles. The van der Waals surface area contributed by atoms with Gasteiger partial charge in [0, 0.05) is 23.3 Å². The van der Waals surface area contributed by atoms with Gasteiger partial charge in [-0.15, -0.1) is 0 Å². The zero-order chi connectivity index (χ0) is 17.1. The van der Waals surface area contributed by atoms with Gasteiger partial charge in [-0.2, -0.15) is 14.9 Å². The van der Waals surface area contributed by atoms with Gasteiger partial charge in [-0.05, 0) is 24.4 Å². The lowest BCUT2D eigenvalue weighted by Gasteiger charge is -2.03. The maximum Gasteiger partial charge on any atom is 0.270 e. The largest absolute Gasteiger partial charge is 0.270 e. The van der Waals surface area contributed by atoms with Crippen LogP contribution in [-0.2, 0) is 0 Å². The van der Waals surface area contributed by atoms with Gasteiger partial charge in [0.1, 0.15) is 0 Å². The number of nitrogens with zero attached hydrogens (tertiary/aromatic N) is 4. The Hall–Kier alpha value is -2.84. The molecule has 0 bridgehead atoms. The fraction of sp³-hybridized carbons (Fsp3) is 0. The lowest BCUT2D eigenvalue weighted by molar-refractivity contribution is -0.384. The molecular formula is C15H10ClN5O2S. The maximum absolute atomic E-state index is 10.8. The standard InChI is InChI=1S/C15H10ClN5O2S/c16-13-7-2-1-6-12(13)14-18-19-15(24)20(14)17-9-10-4-3-5-11(8-10)21(22)23/h1-9H,(H,19,24)/b17-9+. The fourth-order valence-electron chi connectivity index (χ4n) is 2.06. The van der Waals surface area contributed by atoms with E-state index in [-0.39, 0.29) is 10.5 Å². The number of nitro benzene ring substituents is 1. The smallest absolute Gasteiger partial charge is 0.258 e. The molecule has 0 unspecified atom stereocenters.